The molecule has 2 aromatic rings. The van der Waals surface area contributed by atoms with Gasteiger partial charge in [-0.3, -0.25) is 9.78 Å². The summed E-state index contributed by atoms with van der Waals surface area (Å²) in [7, 11) is 3.54. The second-order valence-electron chi connectivity index (χ2n) is 4.17. The molecular formula is C13H15N3OS. The van der Waals surface area contributed by atoms with Crippen LogP contribution >= 0.6 is 11.3 Å². The number of carbonyl (C=O) groups is 1. The zero-order chi connectivity index (χ0) is 13.0. The van der Waals surface area contributed by atoms with Crippen molar-refractivity contribution in [1.29, 1.82) is 0 Å². The van der Waals surface area contributed by atoms with Crippen molar-refractivity contribution in [3.05, 3.63) is 35.6 Å². The lowest BCUT2D eigenvalue weighted by molar-refractivity contribution is -0.128. The van der Waals surface area contributed by atoms with Crippen molar-refractivity contribution < 1.29 is 4.79 Å². The molecule has 0 bridgehead atoms. The minimum atomic E-state index is 0.130. The molecule has 0 aliphatic carbocycles. The topological polar surface area (TPSA) is 46.1 Å². The van der Waals surface area contributed by atoms with Gasteiger partial charge in [-0.05, 0) is 18.6 Å². The van der Waals surface area contributed by atoms with E-state index in [1.165, 1.54) is 0 Å². The van der Waals surface area contributed by atoms with Gasteiger partial charge in [-0.25, -0.2) is 4.98 Å². The normalized spacial score (nSPS) is 10.3. The molecule has 0 spiro atoms. The number of hydrogen-bond donors (Lipinski definition) is 0. The van der Waals surface area contributed by atoms with Gasteiger partial charge in [0.1, 0.15) is 5.01 Å². The Balaban J connectivity index is 2.01. The van der Waals surface area contributed by atoms with Gasteiger partial charge in [0.25, 0.3) is 0 Å². The molecule has 0 unspecified atom stereocenters. The highest BCUT2D eigenvalue weighted by molar-refractivity contribution is 7.13. The Morgan fingerprint density at radius 1 is 1.44 bits per heavy atom. The standard InChI is InChI=1S/C13H15N3OS/c1-16(2)12(17)6-5-11-9-18-13(15-11)10-4-3-7-14-8-10/h3-4,7-9H,5-6H2,1-2H3. The van der Waals surface area contributed by atoms with Gasteiger partial charge >= 0.3 is 0 Å². The molecule has 2 aromatic heterocycles. The van der Waals surface area contributed by atoms with E-state index in [0.717, 1.165) is 16.3 Å². The Morgan fingerprint density at radius 2 is 2.28 bits per heavy atom. The molecule has 2 heterocycles. The molecule has 0 fully saturated rings. The maximum absolute atomic E-state index is 11.5. The van der Waals surface area contributed by atoms with Crippen LogP contribution in [-0.4, -0.2) is 34.9 Å². The molecule has 0 aromatic carbocycles. The summed E-state index contributed by atoms with van der Waals surface area (Å²) in [6, 6.07) is 3.88. The fourth-order valence-corrected chi connectivity index (χ4v) is 2.35. The van der Waals surface area contributed by atoms with Gasteiger partial charge in [0, 0.05) is 43.9 Å². The van der Waals surface area contributed by atoms with E-state index < -0.39 is 0 Å². The third-order valence-electron chi connectivity index (χ3n) is 2.55. The average Bonchev–Trinajstić information content (AvgIpc) is 2.85. The molecule has 94 valence electrons. The number of aryl methyl sites for hydroxylation is 1. The van der Waals surface area contributed by atoms with E-state index in [4.69, 9.17) is 0 Å². The Labute approximate surface area is 110 Å². The van der Waals surface area contributed by atoms with Crippen molar-refractivity contribution in [3.63, 3.8) is 0 Å². The first-order chi connectivity index (χ1) is 8.66. The molecule has 0 saturated heterocycles. The third kappa shape index (κ3) is 3.13. The largest absolute Gasteiger partial charge is 0.349 e. The lowest BCUT2D eigenvalue weighted by Crippen LogP contribution is -2.21. The predicted octanol–water partition coefficient (Wildman–Crippen LogP) is 2.23. The molecule has 2 rings (SSSR count). The summed E-state index contributed by atoms with van der Waals surface area (Å²) in [5.41, 5.74) is 1.99. The van der Waals surface area contributed by atoms with Crippen LogP contribution in [0, 0.1) is 0 Å². The monoisotopic (exact) mass is 261 g/mol. The third-order valence-corrected chi connectivity index (χ3v) is 3.49. The zero-order valence-electron chi connectivity index (χ0n) is 10.5. The SMILES string of the molecule is CN(C)C(=O)CCc1csc(-c2cccnc2)n1. The van der Waals surface area contributed by atoms with Crippen LogP contribution in [0.5, 0.6) is 0 Å². The summed E-state index contributed by atoms with van der Waals surface area (Å²) in [6.07, 6.45) is 4.73. The van der Waals surface area contributed by atoms with Crippen molar-refractivity contribution >= 4 is 17.2 Å². The number of rotatable bonds is 4. The van der Waals surface area contributed by atoms with Crippen molar-refractivity contribution in [1.82, 2.24) is 14.9 Å². The highest BCUT2D eigenvalue weighted by Crippen LogP contribution is 2.23. The van der Waals surface area contributed by atoms with Gasteiger partial charge in [0.2, 0.25) is 5.91 Å². The molecule has 5 heteroatoms. The number of nitrogens with zero attached hydrogens (tertiary/aromatic N) is 3. The minimum Gasteiger partial charge on any atom is -0.349 e. The van der Waals surface area contributed by atoms with Crippen molar-refractivity contribution in [2.75, 3.05) is 14.1 Å². The molecule has 0 aliphatic heterocycles. The fourth-order valence-electron chi connectivity index (χ4n) is 1.50. The first-order valence-corrected chi connectivity index (χ1v) is 6.60. The average molecular weight is 261 g/mol. The van der Waals surface area contributed by atoms with Crippen molar-refractivity contribution in [3.8, 4) is 10.6 Å². The summed E-state index contributed by atoms with van der Waals surface area (Å²) in [5, 5.41) is 2.96. The van der Waals surface area contributed by atoms with Gasteiger partial charge in [-0.15, -0.1) is 11.3 Å². The Morgan fingerprint density at radius 3 is 2.94 bits per heavy atom. The van der Waals surface area contributed by atoms with Crippen LogP contribution in [0.15, 0.2) is 29.9 Å². The fraction of sp³-hybridized carbons (Fsp3) is 0.308. The van der Waals surface area contributed by atoms with E-state index >= 15 is 0 Å². The van der Waals surface area contributed by atoms with Gasteiger partial charge in [-0.2, -0.15) is 0 Å². The summed E-state index contributed by atoms with van der Waals surface area (Å²) < 4.78 is 0. The van der Waals surface area contributed by atoms with Crippen LogP contribution in [0.4, 0.5) is 0 Å². The number of aromatic nitrogens is 2. The molecular weight excluding hydrogens is 246 g/mol. The van der Waals surface area contributed by atoms with Crippen LogP contribution in [0.1, 0.15) is 12.1 Å². The Kier molecular flexibility index (Phi) is 4.04. The molecule has 0 N–H and O–H groups in total. The first-order valence-electron chi connectivity index (χ1n) is 5.72. The maximum atomic E-state index is 11.5. The Hall–Kier alpha value is -1.75. The summed E-state index contributed by atoms with van der Waals surface area (Å²) >= 11 is 1.59. The van der Waals surface area contributed by atoms with Crippen molar-refractivity contribution in [2.45, 2.75) is 12.8 Å². The molecule has 0 atom stereocenters. The number of hydrogen-bond acceptors (Lipinski definition) is 4. The summed E-state index contributed by atoms with van der Waals surface area (Å²) in [6.45, 7) is 0. The molecule has 1 amide bonds. The van der Waals surface area contributed by atoms with E-state index in [0.29, 0.717) is 12.8 Å². The van der Waals surface area contributed by atoms with E-state index in [1.54, 1.807) is 42.7 Å². The van der Waals surface area contributed by atoms with Gasteiger partial charge in [0.05, 0.1) is 5.69 Å². The van der Waals surface area contributed by atoms with Crippen LogP contribution < -0.4 is 0 Å². The van der Waals surface area contributed by atoms with Crippen molar-refractivity contribution in [2.24, 2.45) is 0 Å². The number of amides is 1. The zero-order valence-corrected chi connectivity index (χ0v) is 11.3. The predicted molar refractivity (Wildman–Crippen MR) is 72.4 cm³/mol. The van der Waals surface area contributed by atoms with E-state index in [-0.39, 0.29) is 5.91 Å². The van der Waals surface area contributed by atoms with E-state index in [2.05, 4.69) is 9.97 Å². The second kappa shape index (κ2) is 5.73. The second-order valence-corrected chi connectivity index (χ2v) is 5.03. The van der Waals surface area contributed by atoms with Crippen LogP contribution in [-0.2, 0) is 11.2 Å². The lowest BCUT2D eigenvalue weighted by atomic mass is 10.2. The van der Waals surface area contributed by atoms with E-state index in [1.807, 2.05) is 17.5 Å². The molecule has 0 aliphatic rings. The molecule has 0 saturated carbocycles. The lowest BCUT2D eigenvalue weighted by Gasteiger charge is -2.08. The number of thiazole rings is 1. The maximum Gasteiger partial charge on any atom is 0.222 e. The summed E-state index contributed by atoms with van der Waals surface area (Å²) in [4.78, 5) is 21.7. The van der Waals surface area contributed by atoms with Gasteiger partial charge < -0.3 is 4.90 Å². The summed E-state index contributed by atoms with van der Waals surface area (Å²) in [5.74, 6) is 0.130. The number of pyridine rings is 1. The quantitative estimate of drug-likeness (QED) is 0.848. The number of carbonyl (C=O) groups excluding carboxylic acids is 1. The smallest absolute Gasteiger partial charge is 0.222 e. The minimum absolute atomic E-state index is 0.130. The first kappa shape index (κ1) is 12.7. The molecule has 0 radical (unpaired) electrons. The molecule has 18 heavy (non-hydrogen) atoms. The van der Waals surface area contributed by atoms with Crippen LogP contribution in [0.2, 0.25) is 0 Å². The van der Waals surface area contributed by atoms with Gasteiger partial charge in [0.15, 0.2) is 0 Å². The van der Waals surface area contributed by atoms with Crippen LogP contribution in [0.25, 0.3) is 10.6 Å². The molecule has 4 nitrogen and oxygen atoms in total. The van der Waals surface area contributed by atoms with E-state index in [9.17, 15) is 4.79 Å². The van der Waals surface area contributed by atoms with Crippen LogP contribution in [0.3, 0.4) is 0 Å². The van der Waals surface area contributed by atoms with Gasteiger partial charge in [-0.1, -0.05) is 0 Å². The Bertz CT molecular complexity index is 522. The highest BCUT2D eigenvalue weighted by Gasteiger charge is 2.08. The highest BCUT2D eigenvalue weighted by atomic mass is 32.1.